The zero-order valence-electron chi connectivity index (χ0n) is 11.1. The molecule has 112 valence electrons. The van der Waals surface area contributed by atoms with Gasteiger partial charge in [0.15, 0.2) is 0 Å². The van der Waals surface area contributed by atoms with Crippen LogP contribution >= 0.6 is 12.2 Å². The molecule has 0 bridgehead atoms. The van der Waals surface area contributed by atoms with Gasteiger partial charge in [-0.05, 0) is 24.3 Å². The molecule has 0 amide bonds. The maximum atomic E-state index is 12.9. The minimum atomic E-state index is -4.49. The van der Waals surface area contributed by atoms with Gasteiger partial charge in [0.2, 0.25) is 0 Å². The number of aryl methyl sites for hydroxylation is 1. The molecule has 0 fully saturated rings. The topological polar surface area (TPSA) is 55.9 Å². The van der Waals surface area contributed by atoms with Crippen molar-refractivity contribution in [2.45, 2.75) is 12.7 Å². The zero-order chi connectivity index (χ0) is 15.6. The van der Waals surface area contributed by atoms with Crippen LogP contribution in [0.4, 0.5) is 18.9 Å². The molecule has 0 unspecified atom stereocenters. The van der Waals surface area contributed by atoms with E-state index < -0.39 is 11.7 Å². The van der Waals surface area contributed by atoms with Crippen molar-refractivity contribution in [1.29, 1.82) is 0 Å². The number of hydrogen-bond donors (Lipinski definition) is 2. The molecule has 0 spiro atoms. The number of nitrogens with one attached hydrogen (secondary N) is 1. The third-order valence-corrected chi connectivity index (χ3v) is 3.21. The number of alkyl halides is 3. The monoisotopic (exact) mass is 314 g/mol. The fourth-order valence-corrected chi connectivity index (χ4v) is 2.04. The number of benzene rings is 1. The first-order valence-electron chi connectivity index (χ1n) is 6.01. The molecule has 0 saturated carbocycles. The van der Waals surface area contributed by atoms with Gasteiger partial charge in [-0.15, -0.1) is 0 Å². The second kappa shape index (κ2) is 5.72. The first kappa shape index (κ1) is 15.3. The van der Waals surface area contributed by atoms with Gasteiger partial charge < -0.3 is 11.1 Å². The summed E-state index contributed by atoms with van der Waals surface area (Å²) in [6.45, 7) is 0.429. The Morgan fingerprint density at radius 2 is 2.10 bits per heavy atom. The lowest BCUT2D eigenvalue weighted by Gasteiger charge is -2.14. The third-order valence-electron chi connectivity index (χ3n) is 2.99. The van der Waals surface area contributed by atoms with Crippen molar-refractivity contribution in [2.24, 2.45) is 12.8 Å². The standard InChI is InChI=1S/C13H13F3N4S/c1-20-9(4-5-19-20)7-18-8-2-3-11(13(14,15)16)10(6-8)12(17)21/h2-6,18H,7H2,1H3,(H2,17,21). The Hall–Kier alpha value is -2.09. The number of nitrogens with zero attached hydrogens (tertiary/aromatic N) is 2. The number of hydrogen-bond acceptors (Lipinski definition) is 3. The molecule has 4 nitrogen and oxygen atoms in total. The summed E-state index contributed by atoms with van der Waals surface area (Å²) in [4.78, 5) is -0.286. The van der Waals surface area contributed by atoms with Crippen molar-refractivity contribution >= 4 is 22.9 Å². The second-order valence-corrected chi connectivity index (χ2v) is 4.86. The summed E-state index contributed by atoms with van der Waals surface area (Å²) in [7, 11) is 1.78. The SMILES string of the molecule is Cn1nccc1CNc1ccc(C(F)(F)F)c(C(N)=S)c1. The number of nitrogens with two attached hydrogens (primary N) is 1. The lowest BCUT2D eigenvalue weighted by Crippen LogP contribution is -2.18. The van der Waals surface area contributed by atoms with Gasteiger partial charge in [-0.3, -0.25) is 4.68 Å². The molecular weight excluding hydrogens is 301 g/mol. The van der Waals surface area contributed by atoms with Crippen LogP contribution in [0.25, 0.3) is 0 Å². The summed E-state index contributed by atoms with van der Waals surface area (Å²) in [6.07, 6.45) is -2.84. The molecule has 0 radical (unpaired) electrons. The fraction of sp³-hybridized carbons (Fsp3) is 0.231. The predicted octanol–water partition coefficient (Wildman–Crippen LogP) is 2.69. The van der Waals surface area contributed by atoms with Crippen LogP contribution in [0.1, 0.15) is 16.8 Å². The van der Waals surface area contributed by atoms with E-state index in [2.05, 4.69) is 10.4 Å². The maximum absolute atomic E-state index is 12.9. The van der Waals surface area contributed by atoms with Crippen molar-refractivity contribution in [3.8, 4) is 0 Å². The number of halogens is 3. The average molecular weight is 314 g/mol. The Kier molecular flexibility index (Phi) is 4.17. The Bertz CT molecular complexity index is 664. The van der Waals surface area contributed by atoms with Crippen LogP contribution in [-0.2, 0) is 19.8 Å². The third kappa shape index (κ3) is 3.52. The zero-order valence-corrected chi connectivity index (χ0v) is 11.9. The van der Waals surface area contributed by atoms with Gasteiger partial charge >= 0.3 is 6.18 Å². The summed E-state index contributed by atoms with van der Waals surface area (Å²) in [6, 6.07) is 5.44. The fourth-order valence-electron chi connectivity index (χ4n) is 1.87. The normalized spacial score (nSPS) is 11.4. The first-order valence-corrected chi connectivity index (χ1v) is 6.41. The Labute approximate surface area is 124 Å². The Morgan fingerprint density at radius 1 is 1.38 bits per heavy atom. The molecule has 1 aromatic heterocycles. The largest absolute Gasteiger partial charge is 0.417 e. The van der Waals surface area contributed by atoms with Crippen molar-refractivity contribution in [3.05, 3.63) is 47.3 Å². The van der Waals surface area contributed by atoms with Crippen LogP contribution in [0.15, 0.2) is 30.5 Å². The van der Waals surface area contributed by atoms with E-state index in [0.29, 0.717) is 12.2 Å². The van der Waals surface area contributed by atoms with Crippen LogP contribution in [0, 0.1) is 0 Å². The second-order valence-electron chi connectivity index (χ2n) is 4.42. The van der Waals surface area contributed by atoms with E-state index in [1.807, 2.05) is 6.07 Å². The summed E-state index contributed by atoms with van der Waals surface area (Å²) in [5.41, 5.74) is 5.77. The van der Waals surface area contributed by atoms with Crippen molar-refractivity contribution in [2.75, 3.05) is 5.32 Å². The average Bonchev–Trinajstić information content (AvgIpc) is 2.80. The van der Waals surface area contributed by atoms with Gasteiger partial charge in [-0.1, -0.05) is 12.2 Å². The number of anilines is 1. The number of thiocarbonyl (C=S) groups is 1. The molecule has 8 heteroatoms. The van der Waals surface area contributed by atoms with Crippen molar-refractivity contribution in [1.82, 2.24) is 9.78 Å². The van der Waals surface area contributed by atoms with Gasteiger partial charge in [0.25, 0.3) is 0 Å². The highest BCUT2D eigenvalue weighted by atomic mass is 32.1. The van der Waals surface area contributed by atoms with Crippen LogP contribution in [0.3, 0.4) is 0 Å². The summed E-state index contributed by atoms with van der Waals surface area (Å²) in [5.74, 6) is 0. The van der Waals surface area contributed by atoms with Gasteiger partial charge in [0, 0.05) is 24.5 Å². The quantitative estimate of drug-likeness (QED) is 0.852. The lowest BCUT2D eigenvalue weighted by atomic mass is 10.1. The number of rotatable bonds is 4. The van der Waals surface area contributed by atoms with Gasteiger partial charge in [0.1, 0.15) is 4.99 Å². The van der Waals surface area contributed by atoms with Crippen LogP contribution in [0.2, 0.25) is 0 Å². The lowest BCUT2D eigenvalue weighted by molar-refractivity contribution is -0.137. The molecule has 0 aliphatic carbocycles. The van der Waals surface area contributed by atoms with Gasteiger partial charge in [0.05, 0.1) is 17.8 Å². The van der Waals surface area contributed by atoms with E-state index in [0.717, 1.165) is 11.8 Å². The highest BCUT2D eigenvalue weighted by Crippen LogP contribution is 2.33. The van der Waals surface area contributed by atoms with E-state index in [1.54, 1.807) is 17.9 Å². The molecule has 0 atom stereocenters. The molecule has 0 saturated heterocycles. The molecule has 1 aromatic carbocycles. The summed E-state index contributed by atoms with van der Waals surface area (Å²) >= 11 is 4.70. The molecule has 2 aromatic rings. The first-order chi connectivity index (χ1) is 9.79. The molecule has 21 heavy (non-hydrogen) atoms. The summed E-state index contributed by atoms with van der Waals surface area (Å²) in [5, 5.41) is 7.03. The minimum absolute atomic E-state index is 0.187. The molecule has 3 N–H and O–H groups in total. The molecule has 0 aliphatic heterocycles. The molecule has 2 rings (SSSR count). The molecule has 1 heterocycles. The maximum Gasteiger partial charge on any atom is 0.417 e. The van der Waals surface area contributed by atoms with E-state index in [4.69, 9.17) is 18.0 Å². The predicted molar refractivity (Wildman–Crippen MR) is 77.9 cm³/mol. The number of aromatic nitrogens is 2. The molecular formula is C13H13F3N4S. The van der Waals surface area contributed by atoms with E-state index in [1.165, 1.54) is 12.1 Å². The smallest absolute Gasteiger partial charge is 0.389 e. The highest BCUT2D eigenvalue weighted by molar-refractivity contribution is 7.80. The van der Waals surface area contributed by atoms with Gasteiger partial charge in [-0.25, -0.2) is 0 Å². The molecule has 0 aliphatic rings. The highest BCUT2D eigenvalue weighted by Gasteiger charge is 2.34. The van der Waals surface area contributed by atoms with Crippen LogP contribution in [-0.4, -0.2) is 14.8 Å². The Balaban J connectivity index is 2.24. The Morgan fingerprint density at radius 3 is 2.62 bits per heavy atom. The van der Waals surface area contributed by atoms with Crippen LogP contribution in [0.5, 0.6) is 0 Å². The van der Waals surface area contributed by atoms with Crippen LogP contribution < -0.4 is 11.1 Å². The summed E-state index contributed by atoms with van der Waals surface area (Å²) < 4.78 is 40.2. The van der Waals surface area contributed by atoms with Crippen molar-refractivity contribution in [3.63, 3.8) is 0 Å². The van der Waals surface area contributed by atoms with E-state index >= 15 is 0 Å². The van der Waals surface area contributed by atoms with Gasteiger partial charge in [-0.2, -0.15) is 18.3 Å². The van der Waals surface area contributed by atoms with Crippen molar-refractivity contribution < 1.29 is 13.2 Å². The van der Waals surface area contributed by atoms with E-state index in [9.17, 15) is 13.2 Å². The minimum Gasteiger partial charge on any atom is -0.389 e. The van der Waals surface area contributed by atoms with E-state index in [-0.39, 0.29) is 10.6 Å².